The van der Waals surface area contributed by atoms with Crippen molar-refractivity contribution in [2.45, 2.75) is 24.5 Å². The van der Waals surface area contributed by atoms with Crippen LogP contribution in [0.4, 0.5) is 5.82 Å². The minimum atomic E-state index is -3.49. The third-order valence-electron chi connectivity index (χ3n) is 6.78. The molecule has 5 heterocycles. The van der Waals surface area contributed by atoms with E-state index in [9.17, 15) is 13.2 Å². The number of benzene rings is 1. The molecular formula is C27H25N5O4S. The van der Waals surface area contributed by atoms with Crippen LogP contribution >= 0.6 is 0 Å². The van der Waals surface area contributed by atoms with Crippen molar-refractivity contribution in [1.82, 2.24) is 20.3 Å². The predicted octanol–water partition coefficient (Wildman–Crippen LogP) is 2.92. The Morgan fingerprint density at radius 2 is 1.86 bits per heavy atom. The highest BCUT2D eigenvalue weighted by Crippen LogP contribution is 2.28. The van der Waals surface area contributed by atoms with Crippen LogP contribution < -0.4 is 10.2 Å². The predicted molar refractivity (Wildman–Crippen MR) is 139 cm³/mol. The van der Waals surface area contributed by atoms with Crippen LogP contribution in [0.3, 0.4) is 0 Å². The molecule has 0 fully saturated rings. The molecule has 9 nitrogen and oxygen atoms in total. The number of carbonyl (C=O) groups excluding carboxylic acids is 1. The number of amides is 1. The highest BCUT2D eigenvalue weighted by Gasteiger charge is 2.24. The van der Waals surface area contributed by atoms with Gasteiger partial charge in [-0.1, -0.05) is 12.1 Å². The van der Waals surface area contributed by atoms with Gasteiger partial charge in [-0.15, -0.1) is 0 Å². The molecule has 0 atom stereocenters. The van der Waals surface area contributed by atoms with Crippen LogP contribution in [-0.2, 0) is 34.1 Å². The molecule has 10 heteroatoms. The molecule has 0 bridgehead atoms. The quantitative estimate of drug-likeness (QED) is 0.441. The standard InChI is InChI=1S/C27H25N5O4S/c1-32-9-8-17-4-6-23(31-26(17)32)22-7-5-19-14-28-21(13-24(19)30-22)15-29-27(33)18-2-3-20-16-36-10-11-37(34,35)25(20)12-18/h2-7,12-14H,8-11,15-16H2,1H3,(H,29,33). The summed E-state index contributed by atoms with van der Waals surface area (Å²) >= 11 is 0. The summed E-state index contributed by atoms with van der Waals surface area (Å²) in [6, 6.07) is 14.5. The van der Waals surface area contributed by atoms with Crippen molar-refractivity contribution in [2.75, 3.05) is 30.9 Å². The Bertz CT molecular complexity index is 1650. The molecule has 37 heavy (non-hydrogen) atoms. The molecule has 0 spiro atoms. The molecule has 4 aromatic rings. The van der Waals surface area contributed by atoms with Gasteiger partial charge in [0.05, 0.1) is 53.0 Å². The highest BCUT2D eigenvalue weighted by molar-refractivity contribution is 7.91. The monoisotopic (exact) mass is 515 g/mol. The van der Waals surface area contributed by atoms with Crippen LogP contribution in [0.2, 0.25) is 0 Å². The van der Waals surface area contributed by atoms with E-state index in [1.807, 2.05) is 31.3 Å². The maximum atomic E-state index is 12.8. The summed E-state index contributed by atoms with van der Waals surface area (Å²) in [5.41, 5.74) is 5.06. The Kier molecular flexibility index (Phi) is 5.85. The van der Waals surface area contributed by atoms with Crippen molar-refractivity contribution in [3.05, 3.63) is 77.1 Å². The van der Waals surface area contributed by atoms with Crippen LogP contribution in [0.5, 0.6) is 0 Å². The molecule has 2 aliphatic rings. The molecule has 1 N–H and O–H groups in total. The Balaban J connectivity index is 1.22. The van der Waals surface area contributed by atoms with Crippen LogP contribution in [0.25, 0.3) is 22.3 Å². The first-order valence-corrected chi connectivity index (χ1v) is 13.7. The zero-order chi connectivity index (χ0) is 25.6. The van der Waals surface area contributed by atoms with E-state index >= 15 is 0 Å². The van der Waals surface area contributed by atoms with Gasteiger partial charge in [0, 0.05) is 30.7 Å². The van der Waals surface area contributed by atoms with E-state index in [2.05, 4.69) is 21.3 Å². The maximum Gasteiger partial charge on any atom is 0.251 e. The fourth-order valence-corrected chi connectivity index (χ4v) is 6.07. The van der Waals surface area contributed by atoms with Crippen molar-refractivity contribution in [3.63, 3.8) is 0 Å². The third kappa shape index (κ3) is 4.54. The summed E-state index contributed by atoms with van der Waals surface area (Å²) in [5.74, 6) is 0.521. The molecule has 2 aliphatic heterocycles. The summed E-state index contributed by atoms with van der Waals surface area (Å²) in [7, 11) is -1.45. The second-order valence-corrected chi connectivity index (χ2v) is 11.4. The lowest BCUT2D eigenvalue weighted by Crippen LogP contribution is -2.23. The lowest BCUT2D eigenvalue weighted by molar-refractivity contribution is 0.0950. The third-order valence-corrected chi connectivity index (χ3v) is 8.53. The Morgan fingerprint density at radius 1 is 1.05 bits per heavy atom. The highest BCUT2D eigenvalue weighted by atomic mass is 32.2. The van der Waals surface area contributed by atoms with Crippen molar-refractivity contribution in [1.29, 1.82) is 0 Å². The van der Waals surface area contributed by atoms with Crippen LogP contribution in [0.1, 0.15) is 27.2 Å². The molecule has 0 radical (unpaired) electrons. The first-order chi connectivity index (χ1) is 17.9. The molecular weight excluding hydrogens is 490 g/mol. The number of hydrogen-bond acceptors (Lipinski definition) is 8. The lowest BCUT2D eigenvalue weighted by atomic mass is 10.1. The molecule has 0 unspecified atom stereocenters. The largest absolute Gasteiger partial charge is 0.376 e. The first kappa shape index (κ1) is 23.5. The average molecular weight is 516 g/mol. The van der Waals surface area contributed by atoms with Crippen LogP contribution in [0.15, 0.2) is 59.6 Å². The number of fused-ring (bicyclic) bond motifs is 3. The van der Waals surface area contributed by atoms with Gasteiger partial charge in [-0.3, -0.25) is 9.78 Å². The zero-order valence-electron chi connectivity index (χ0n) is 20.3. The minimum absolute atomic E-state index is 0.0985. The molecule has 0 saturated heterocycles. The summed E-state index contributed by atoms with van der Waals surface area (Å²) < 4.78 is 30.4. The van der Waals surface area contributed by atoms with Crippen LogP contribution in [0, 0.1) is 0 Å². The van der Waals surface area contributed by atoms with E-state index in [1.165, 1.54) is 11.6 Å². The number of carbonyl (C=O) groups is 1. The van der Waals surface area contributed by atoms with Gasteiger partial charge >= 0.3 is 0 Å². The molecule has 6 rings (SSSR count). The number of likely N-dealkylation sites (N-methyl/N-ethyl adjacent to an activating group) is 1. The average Bonchev–Trinajstić information content (AvgIpc) is 3.21. The van der Waals surface area contributed by atoms with Crippen molar-refractivity contribution in [3.8, 4) is 11.4 Å². The SMILES string of the molecule is CN1CCc2ccc(-c3ccc4cnc(CNC(=O)c5ccc6c(c5)S(=O)(=O)CCOC6)cc4n3)nc21. The van der Waals surface area contributed by atoms with Gasteiger partial charge < -0.3 is 15.0 Å². The summed E-state index contributed by atoms with van der Waals surface area (Å²) in [6.45, 7) is 1.49. The van der Waals surface area contributed by atoms with Gasteiger partial charge in [0.15, 0.2) is 9.84 Å². The minimum Gasteiger partial charge on any atom is -0.376 e. The number of sulfone groups is 1. The lowest BCUT2D eigenvalue weighted by Gasteiger charge is -2.12. The van der Waals surface area contributed by atoms with E-state index in [1.54, 1.807) is 18.3 Å². The molecule has 188 valence electrons. The van der Waals surface area contributed by atoms with Gasteiger partial charge in [-0.25, -0.2) is 18.4 Å². The summed E-state index contributed by atoms with van der Waals surface area (Å²) in [6.07, 6.45) is 2.73. The van der Waals surface area contributed by atoms with E-state index in [4.69, 9.17) is 14.7 Å². The van der Waals surface area contributed by atoms with Gasteiger partial charge in [0.2, 0.25) is 0 Å². The Morgan fingerprint density at radius 3 is 2.76 bits per heavy atom. The summed E-state index contributed by atoms with van der Waals surface area (Å²) in [5, 5.41) is 3.72. The Hall–Kier alpha value is -3.89. The van der Waals surface area contributed by atoms with E-state index in [0.717, 1.165) is 41.1 Å². The first-order valence-electron chi connectivity index (χ1n) is 12.1. The molecule has 1 amide bonds. The van der Waals surface area contributed by atoms with Gasteiger partial charge in [0.25, 0.3) is 5.91 Å². The normalized spacial score (nSPS) is 16.2. The number of aromatic nitrogens is 3. The topological polar surface area (TPSA) is 114 Å². The smallest absolute Gasteiger partial charge is 0.251 e. The number of ether oxygens (including phenoxy) is 1. The van der Waals surface area contributed by atoms with Crippen LogP contribution in [-0.4, -0.2) is 55.2 Å². The van der Waals surface area contributed by atoms with Crippen molar-refractivity contribution in [2.24, 2.45) is 0 Å². The number of nitrogens with one attached hydrogen (secondary N) is 1. The van der Waals surface area contributed by atoms with E-state index < -0.39 is 9.84 Å². The second-order valence-electron chi connectivity index (χ2n) is 9.29. The fourth-order valence-electron chi connectivity index (χ4n) is 4.68. The zero-order valence-corrected chi connectivity index (χ0v) is 21.1. The van der Waals surface area contributed by atoms with Gasteiger partial charge in [0.1, 0.15) is 5.82 Å². The molecule has 1 aromatic carbocycles. The van der Waals surface area contributed by atoms with Gasteiger partial charge in [-0.2, -0.15) is 0 Å². The maximum absolute atomic E-state index is 12.8. The van der Waals surface area contributed by atoms with E-state index in [0.29, 0.717) is 11.3 Å². The number of pyridine rings is 3. The van der Waals surface area contributed by atoms with Gasteiger partial charge in [-0.05, 0) is 53.9 Å². The number of hydrogen-bond donors (Lipinski definition) is 1. The molecule has 0 saturated carbocycles. The second kappa shape index (κ2) is 9.20. The van der Waals surface area contributed by atoms with Crippen molar-refractivity contribution >= 4 is 32.5 Å². The summed E-state index contributed by atoms with van der Waals surface area (Å²) in [4.78, 5) is 29.2. The number of anilines is 1. The Labute approximate surface area is 214 Å². The number of nitrogens with zero attached hydrogens (tertiary/aromatic N) is 4. The fraction of sp³-hybridized carbons (Fsp3) is 0.259. The van der Waals surface area contributed by atoms with E-state index in [-0.39, 0.29) is 41.9 Å². The molecule has 3 aromatic heterocycles. The molecule has 0 aliphatic carbocycles. The van der Waals surface area contributed by atoms with Crippen molar-refractivity contribution < 1.29 is 17.9 Å². The number of rotatable bonds is 4.